The minimum absolute atomic E-state index is 0.105. The lowest BCUT2D eigenvalue weighted by Crippen LogP contribution is -2.44. The van der Waals surface area contributed by atoms with Crippen LogP contribution in [0.5, 0.6) is 0 Å². The molecule has 1 aliphatic carbocycles. The van der Waals surface area contributed by atoms with Crippen molar-refractivity contribution in [3.63, 3.8) is 0 Å². The summed E-state index contributed by atoms with van der Waals surface area (Å²) in [5.74, 6) is -0.210. The molecule has 0 aromatic carbocycles. The van der Waals surface area contributed by atoms with Gasteiger partial charge in [-0.25, -0.2) is 0 Å². The van der Waals surface area contributed by atoms with Gasteiger partial charge in [0.2, 0.25) is 11.8 Å². The quantitative estimate of drug-likeness (QED) is 0.437. The largest absolute Gasteiger partial charge is 0.355 e. The summed E-state index contributed by atoms with van der Waals surface area (Å²) in [6.45, 7) is 3.13. The average Bonchev–Trinajstić information content (AvgIpc) is 3.20. The van der Waals surface area contributed by atoms with E-state index in [9.17, 15) is 9.59 Å². The molecule has 0 spiro atoms. The van der Waals surface area contributed by atoms with Crippen molar-refractivity contribution in [2.45, 2.75) is 25.7 Å². The molecule has 6 nitrogen and oxygen atoms in total. The van der Waals surface area contributed by atoms with Crippen LogP contribution < -0.4 is 10.6 Å². The third kappa shape index (κ3) is 6.01. The molecule has 0 aliphatic heterocycles. The summed E-state index contributed by atoms with van der Waals surface area (Å²) in [7, 11) is 8.02. The number of nitrogens with one attached hydrogen (secondary N) is 2. The van der Waals surface area contributed by atoms with Crippen molar-refractivity contribution in [2.75, 3.05) is 54.4 Å². The zero-order valence-corrected chi connectivity index (χ0v) is 13.9. The summed E-state index contributed by atoms with van der Waals surface area (Å²) in [5.41, 5.74) is -0.782. The second-order valence-corrected chi connectivity index (χ2v) is 6.41. The fraction of sp³-hybridized carbons (Fsp3) is 0.867. The van der Waals surface area contributed by atoms with E-state index in [1.807, 2.05) is 28.2 Å². The zero-order chi connectivity index (χ0) is 15.9. The Morgan fingerprint density at radius 3 is 1.52 bits per heavy atom. The maximum atomic E-state index is 12.2. The number of carbonyl (C=O) groups is 2. The lowest BCUT2D eigenvalue weighted by molar-refractivity contribution is -0.137. The number of amides is 2. The van der Waals surface area contributed by atoms with E-state index in [2.05, 4.69) is 20.4 Å². The zero-order valence-electron chi connectivity index (χ0n) is 13.9. The standard InChI is InChI=1S/C15H30N4O2/c1-18(2)11-5-9-16-13(20)15(7-8-15)14(21)17-10-6-12-19(3)4/h5-12H2,1-4H3,(H,16,20)(H,17,21). The molecule has 2 amide bonds. The molecule has 0 heterocycles. The molecule has 1 fully saturated rings. The van der Waals surface area contributed by atoms with E-state index in [1.54, 1.807) is 0 Å². The van der Waals surface area contributed by atoms with E-state index in [-0.39, 0.29) is 11.8 Å². The Balaban J connectivity index is 2.25. The highest BCUT2D eigenvalue weighted by Crippen LogP contribution is 2.46. The van der Waals surface area contributed by atoms with Crippen LogP contribution in [0.2, 0.25) is 0 Å². The first-order valence-corrected chi connectivity index (χ1v) is 7.74. The third-order valence-corrected chi connectivity index (χ3v) is 3.75. The summed E-state index contributed by atoms with van der Waals surface area (Å²) in [5, 5.41) is 5.79. The summed E-state index contributed by atoms with van der Waals surface area (Å²) >= 11 is 0. The van der Waals surface area contributed by atoms with Gasteiger partial charge in [-0.15, -0.1) is 0 Å². The van der Waals surface area contributed by atoms with Crippen molar-refractivity contribution in [1.82, 2.24) is 20.4 Å². The second kappa shape index (κ2) is 8.34. The molecule has 21 heavy (non-hydrogen) atoms. The van der Waals surface area contributed by atoms with Crippen molar-refractivity contribution in [1.29, 1.82) is 0 Å². The first kappa shape index (κ1) is 17.9. The predicted octanol–water partition coefficient (Wildman–Crippen LogP) is -0.0976. The van der Waals surface area contributed by atoms with Crippen molar-refractivity contribution in [3.05, 3.63) is 0 Å². The third-order valence-electron chi connectivity index (χ3n) is 3.75. The SMILES string of the molecule is CN(C)CCCNC(=O)C1(C(=O)NCCCN(C)C)CC1. The maximum absolute atomic E-state index is 12.2. The van der Waals surface area contributed by atoms with Gasteiger partial charge in [-0.1, -0.05) is 0 Å². The molecule has 0 bridgehead atoms. The Bertz CT molecular complexity index is 322. The molecule has 0 unspecified atom stereocenters. The minimum Gasteiger partial charge on any atom is -0.355 e. The fourth-order valence-corrected chi connectivity index (χ4v) is 2.22. The van der Waals surface area contributed by atoms with Crippen molar-refractivity contribution < 1.29 is 9.59 Å². The highest BCUT2D eigenvalue weighted by molar-refractivity contribution is 6.07. The van der Waals surface area contributed by atoms with Gasteiger partial charge >= 0.3 is 0 Å². The monoisotopic (exact) mass is 298 g/mol. The van der Waals surface area contributed by atoms with Gasteiger partial charge in [0.25, 0.3) is 0 Å². The summed E-state index contributed by atoms with van der Waals surface area (Å²) in [6, 6.07) is 0. The predicted molar refractivity (Wildman–Crippen MR) is 84.0 cm³/mol. The van der Waals surface area contributed by atoms with Gasteiger partial charge in [0, 0.05) is 13.1 Å². The molecular weight excluding hydrogens is 268 g/mol. The molecule has 0 radical (unpaired) electrons. The van der Waals surface area contributed by atoms with Crippen LogP contribution in [0.3, 0.4) is 0 Å². The fourth-order valence-electron chi connectivity index (χ4n) is 2.22. The van der Waals surface area contributed by atoms with Gasteiger partial charge in [0.1, 0.15) is 5.41 Å². The number of rotatable bonds is 10. The molecule has 0 saturated heterocycles. The lowest BCUT2D eigenvalue weighted by atomic mass is 10.1. The van der Waals surface area contributed by atoms with E-state index in [4.69, 9.17) is 0 Å². The van der Waals surface area contributed by atoms with E-state index in [1.165, 1.54) is 0 Å². The molecule has 0 aromatic rings. The van der Waals surface area contributed by atoms with Crippen LogP contribution in [0.25, 0.3) is 0 Å². The lowest BCUT2D eigenvalue weighted by Gasteiger charge is -2.16. The van der Waals surface area contributed by atoms with Crippen LogP contribution in [-0.2, 0) is 9.59 Å². The second-order valence-electron chi connectivity index (χ2n) is 6.41. The van der Waals surface area contributed by atoms with E-state index in [0.29, 0.717) is 25.9 Å². The van der Waals surface area contributed by atoms with Gasteiger partial charge in [-0.3, -0.25) is 9.59 Å². The molecule has 1 rings (SSSR count). The minimum atomic E-state index is -0.782. The van der Waals surface area contributed by atoms with Gasteiger partial charge in [0.15, 0.2) is 0 Å². The topological polar surface area (TPSA) is 64.7 Å². The molecule has 6 heteroatoms. The van der Waals surface area contributed by atoms with Crippen molar-refractivity contribution in [3.8, 4) is 0 Å². The smallest absolute Gasteiger partial charge is 0.235 e. The summed E-state index contributed by atoms with van der Waals surface area (Å²) in [6.07, 6.45) is 3.15. The van der Waals surface area contributed by atoms with Gasteiger partial charge in [0.05, 0.1) is 0 Å². The first-order chi connectivity index (χ1) is 9.88. The van der Waals surface area contributed by atoms with Gasteiger partial charge in [-0.2, -0.15) is 0 Å². The Labute approximate surface area is 128 Å². The Morgan fingerprint density at radius 1 is 0.857 bits per heavy atom. The highest BCUT2D eigenvalue weighted by Gasteiger charge is 2.56. The molecule has 0 aromatic heterocycles. The normalized spacial score (nSPS) is 16.1. The van der Waals surface area contributed by atoms with Crippen molar-refractivity contribution >= 4 is 11.8 Å². The Kier molecular flexibility index (Phi) is 7.11. The van der Waals surface area contributed by atoms with Gasteiger partial charge in [-0.05, 0) is 67.0 Å². The first-order valence-electron chi connectivity index (χ1n) is 7.74. The molecular formula is C15H30N4O2. The molecule has 1 aliphatic rings. The van der Waals surface area contributed by atoms with Crippen LogP contribution in [0.1, 0.15) is 25.7 Å². The van der Waals surface area contributed by atoms with Crippen molar-refractivity contribution in [2.24, 2.45) is 5.41 Å². The average molecular weight is 298 g/mol. The Morgan fingerprint density at radius 2 is 1.24 bits per heavy atom. The van der Waals surface area contributed by atoms with E-state index in [0.717, 1.165) is 25.9 Å². The number of hydrogen-bond acceptors (Lipinski definition) is 4. The summed E-state index contributed by atoms with van der Waals surface area (Å²) in [4.78, 5) is 28.5. The number of carbonyl (C=O) groups excluding carboxylic acids is 2. The molecule has 122 valence electrons. The molecule has 1 saturated carbocycles. The van der Waals surface area contributed by atoms with E-state index < -0.39 is 5.41 Å². The van der Waals surface area contributed by atoms with Crippen LogP contribution in [-0.4, -0.2) is 76.0 Å². The Hall–Kier alpha value is -1.14. The molecule has 0 atom stereocenters. The van der Waals surface area contributed by atoms with Gasteiger partial charge < -0.3 is 20.4 Å². The van der Waals surface area contributed by atoms with Crippen LogP contribution in [0.15, 0.2) is 0 Å². The summed E-state index contributed by atoms with van der Waals surface area (Å²) < 4.78 is 0. The number of hydrogen-bond donors (Lipinski definition) is 2. The number of nitrogens with zero attached hydrogens (tertiary/aromatic N) is 2. The van der Waals surface area contributed by atoms with E-state index >= 15 is 0 Å². The van der Waals surface area contributed by atoms with Crippen LogP contribution in [0.4, 0.5) is 0 Å². The highest BCUT2D eigenvalue weighted by atomic mass is 16.2. The maximum Gasteiger partial charge on any atom is 0.235 e. The molecule has 2 N–H and O–H groups in total. The van der Waals surface area contributed by atoms with Crippen LogP contribution in [0, 0.1) is 5.41 Å². The van der Waals surface area contributed by atoms with Crippen LogP contribution >= 0.6 is 0 Å².